The summed E-state index contributed by atoms with van der Waals surface area (Å²) in [7, 11) is 0. The Kier molecular flexibility index (Phi) is 2.74. The molecule has 3 heteroatoms. The Labute approximate surface area is 73.6 Å². The van der Waals surface area contributed by atoms with Crippen molar-refractivity contribution >= 4 is 5.82 Å². The van der Waals surface area contributed by atoms with Crippen LogP contribution in [0.5, 0.6) is 0 Å². The molecule has 1 aromatic rings. The van der Waals surface area contributed by atoms with Crippen molar-refractivity contribution in [3.8, 4) is 0 Å². The van der Waals surface area contributed by atoms with Crippen LogP contribution in [-0.4, -0.2) is 9.55 Å². The lowest BCUT2D eigenvalue weighted by atomic mass is 10.3. The number of nitrogen functional groups attached to an aromatic ring is 1. The second kappa shape index (κ2) is 3.61. The maximum atomic E-state index is 5.84. The fourth-order valence-electron chi connectivity index (χ4n) is 1.33. The molecule has 12 heavy (non-hydrogen) atoms. The Morgan fingerprint density at radius 3 is 2.50 bits per heavy atom. The predicted octanol–water partition coefficient (Wildman–Crippen LogP) is 1.88. The van der Waals surface area contributed by atoms with Gasteiger partial charge in [0.05, 0.1) is 5.69 Å². The summed E-state index contributed by atoms with van der Waals surface area (Å²) in [5.41, 5.74) is 6.79. The van der Waals surface area contributed by atoms with Crippen LogP contribution in [0.25, 0.3) is 0 Å². The third-order valence-electron chi connectivity index (χ3n) is 2.12. The van der Waals surface area contributed by atoms with Gasteiger partial charge in [0, 0.05) is 6.54 Å². The van der Waals surface area contributed by atoms with E-state index >= 15 is 0 Å². The molecule has 0 atom stereocenters. The van der Waals surface area contributed by atoms with Crippen molar-refractivity contribution in [3.63, 3.8) is 0 Å². The first kappa shape index (κ1) is 9.10. The van der Waals surface area contributed by atoms with Crippen LogP contribution in [0.1, 0.15) is 31.3 Å². The Bertz CT molecular complexity index is 263. The van der Waals surface area contributed by atoms with Gasteiger partial charge in [0.25, 0.3) is 0 Å². The number of unbranched alkanes of at least 4 members (excludes halogenated alkanes) is 1. The zero-order chi connectivity index (χ0) is 9.14. The minimum Gasteiger partial charge on any atom is -0.384 e. The monoisotopic (exact) mass is 167 g/mol. The molecule has 0 radical (unpaired) electrons. The summed E-state index contributed by atoms with van der Waals surface area (Å²) in [6, 6.07) is 0. The van der Waals surface area contributed by atoms with E-state index in [4.69, 9.17) is 5.73 Å². The van der Waals surface area contributed by atoms with Gasteiger partial charge in [0.15, 0.2) is 0 Å². The first-order valence-corrected chi connectivity index (χ1v) is 4.46. The van der Waals surface area contributed by atoms with Crippen LogP contribution in [0.4, 0.5) is 5.82 Å². The van der Waals surface area contributed by atoms with Crippen LogP contribution in [0.3, 0.4) is 0 Å². The van der Waals surface area contributed by atoms with Gasteiger partial charge in [-0.25, -0.2) is 4.98 Å². The molecule has 0 bridgehead atoms. The molecule has 0 aliphatic carbocycles. The van der Waals surface area contributed by atoms with Gasteiger partial charge in [0.1, 0.15) is 11.6 Å². The highest BCUT2D eigenvalue weighted by atomic mass is 15.1. The number of aromatic nitrogens is 2. The van der Waals surface area contributed by atoms with Gasteiger partial charge in [-0.2, -0.15) is 0 Å². The van der Waals surface area contributed by atoms with Gasteiger partial charge < -0.3 is 10.3 Å². The van der Waals surface area contributed by atoms with Gasteiger partial charge in [-0.05, 0) is 20.3 Å². The second-order valence-electron chi connectivity index (χ2n) is 3.13. The Morgan fingerprint density at radius 1 is 1.42 bits per heavy atom. The minimum absolute atomic E-state index is 0.820. The normalized spacial score (nSPS) is 10.6. The fraction of sp³-hybridized carbons (Fsp3) is 0.667. The van der Waals surface area contributed by atoms with E-state index in [1.807, 2.05) is 13.8 Å². The largest absolute Gasteiger partial charge is 0.384 e. The molecule has 0 aliphatic rings. The molecule has 0 saturated carbocycles. The summed E-state index contributed by atoms with van der Waals surface area (Å²) in [5.74, 6) is 1.85. The Hall–Kier alpha value is -0.990. The van der Waals surface area contributed by atoms with Crippen LogP contribution in [0, 0.1) is 13.8 Å². The van der Waals surface area contributed by atoms with Gasteiger partial charge in [0.2, 0.25) is 0 Å². The van der Waals surface area contributed by atoms with E-state index in [2.05, 4.69) is 16.5 Å². The number of aryl methyl sites for hydroxylation is 2. The van der Waals surface area contributed by atoms with E-state index in [0.29, 0.717) is 0 Å². The molecule has 0 spiro atoms. The lowest BCUT2D eigenvalue weighted by Crippen LogP contribution is -2.04. The molecular weight excluding hydrogens is 150 g/mol. The molecule has 1 rings (SSSR count). The molecule has 3 nitrogen and oxygen atoms in total. The van der Waals surface area contributed by atoms with Crippen molar-refractivity contribution in [2.45, 2.75) is 40.2 Å². The average molecular weight is 167 g/mol. The summed E-state index contributed by atoms with van der Waals surface area (Å²) < 4.78 is 2.08. The number of nitrogens with zero attached hydrogens (tertiary/aromatic N) is 2. The zero-order valence-electron chi connectivity index (χ0n) is 8.09. The first-order valence-electron chi connectivity index (χ1n) is 4.46. The topological polar surface area (TPSA) is 43.8 Å². The van der Waals surface area contributed by atoms with Crippen molar-refractivity contribution in [3.05, 3.63) is 11.5 Å². The van der Waals surface area contributed by atoms with E-state index in [1.165, 1.54) is 12.8 Å². The van der Waals surface area contributed by atoms with Crippen LogP contribution in [0.2, 0.25) is 0 Å². The Balaban J connectivity index is 2.82. The number of imidazole rings is 1. The van der Waals surface area contributed by atoms with Gasteiger partial charge in [-0.15, -0.1) is 0 Å². The van der Waals surface area contributed by atoms with Crippen molar-refractivity contribution in [2.24, 2.45) is 0 Å². The standard InChI is InChI=1S/C9H17N3/c1-4-5-6-12-8(3)11-7(2)9(12)10/h4-6,10H2,1-3H3. The molecule has 1 aromatic heterocycles. The summed E-state index contributed by atoms with van der Waals surface area (Å²) in [6.45, 7) is 7.12. The highest BCUT2D eigenvalue weighted by Crippen LogP contribution is 2.13. The van der Waals surface area contributed by atoms with Gasteiger partial charge in [-0.3, -0.25) is 0 Å². The lowest BCUT2D eigenvalue weighted by Gasteiger charge is -2.05. The minimum atomic E-state index is 0.820. The van der Waals surface area contributed by atoms with Crippen molar-refractivity contribution in [1.82, 2.24) is 9.55 Å². The predicted molar refractivity (Wildman–Crippen MR) is 51.0 cm³/mol. The number of rotatable bonds is 3. The highest BCUT2D eigenvalue weighted by molar-refractivity contribution is 5.36. The van der Waals surface area contributed by atoms with Gasteiger partial charge >= 0.3 is 0 Å². The van der Waals surface area contributed by atoms with E-state index in [0.717, 1.165) is 23.9 Å². The van der Waals surface area contributed by atoms with E-state index in [1.54, 1.807) is 0 Å². The SMILES string of the molecule is CCCCn1c(C)nc(C)c1N. The number of hydrogen-bond donors (Lipinski definition) is 1. The van der Waals surface area contributed by atoms with Crippen molar-refractivity contribution in [2.75, 3.05) is 5.73 Å². The molecule has 0 fully saturated rings. The summed E-state index contributed by atoms with van der Waals surface area (Å²) in [6.07, 6.45) is 2.36. The fourth-order valence-corrected chi connectivity index (χ4v) is 1.33. The molecule has 68 valence electrons. The number of anilines is 1. The maximum absolute atomic E-state index is 5.84. The lowest BCUT2D eigenvalue weighted by molar-refractivity contribution is 0.622. The molecule has 2 N–H and O–H groups in total. The van der Waals surface area contributed by atoms with E-state index in [-0.39, 0.29) is 0 Å². The van der Waals surface area contributed by atoms with Crippen LogP contribution < -0.4 is 5.73 Å². The van der Waals surface area contributed by atoms with Crippen LogP contribution in [-0.2, 0) is 6.54 Å². The van der Waals surface area contributed by atoms with Crippen molar-refractivity contribution < 1.29 is 0 Å². The first-order chi connectivity index (χ1) is 5.66. The average Bonchev–Trinajstić information content (AvgIpc) is 2.25. The van der Waals surface area contributed by atoms with Crippen LogP contribution >= 0.6 is 0 Å². The third-order valence-corrected chi connectivity index (χ3v) is 2.12. The zero-order valence-corrected chi connectivity index (χ0v) is 8.09. The molecular formula is C9H17N3. The quantitative estimate of drug-likeness (QED) is 0.747. The molecule has 0 amide bonds. The van der Waals surface area contributed by atoms with Gasteiger partial charge in [-0.1, -0.05) is 13.3 Å². The van der Waals surface area contributed by atoms with Crippen molar-refractivity contribution in [1.29, 1.82) is 0 Å². The molecule has 0 aromatic carbocycles. The third kappa shape index (κ3) is 1.60. The van der Waals surface area contributed by atoms with Crippen LogP contribution in [0.15, 0.2) is 0 Å². The highest BCUT2D eigenvalue weighted by Gasteiger charge is 2.06. The number of nitrogens with two attached hydrogens (primary N) is 1. The number of hydrogen-bond acceptors (Lipinski definition) is 2. The molecule has 1 heterocycles. The maximum Gasteiger partial charge on any atom is 0.126 e. The van der Waals surface area contributed by atoms with E-state index < -0.39 is 0 Å². The Morgan fingerprint density at radius 2 is 2.08 bits per heavy atom. The molecule has 0 aliphatic heterocycles. The summed E-state index contributed by atoms with van der Waals surface area (Å²) >= 11 is 0. The molecule has 0 saturated heterocycles. The van der Waals surface area contributed by atoms with E-state index in [9.17, 15) is 0 Å². The second-order valence-corrected chi connectivity index (χ2v) is 3.13. The smallest absolute Gasteiger partial charge is 0.126 e. The summed E-state index contributed by atoms with van der Waals surface area (Å²) in [4.78, 5) is 4.30. The summed E-state index contributed by atoms with van der Waals surface area (Å²) in [5, 5.41) is 0. The molecule has 0 unspecified atom stereocenters.